The van der Waals surface area contributed by atoms with Crippen LogP contribution in [0.5, 0.6) is 11.5 Å². The molecule has 0 aliphatic rings. The zero-order valence-corrected chi connectivity index (χ0v) is 12.7. The summed E-state index contributed by atoms with van der Waals surface area (Å²) in [6.07, 6.45) is 1.64. The predicted molar refractivity (Wildman–Crippen MR) is 78.9 cm³/mol. The van der Waals surface area contributed by atoms with E-state index in [0.717, 1.165) is 5.69 Å². The molecule has 0 bridgehead atoms. The average Bonchev–Trinajstić information content (AvgIpc) is 2.47. The SMILES string of the molecule is COc1cccc(CNc2cccnc2Br)c1OC(F)F. The fourth-order valence-electron chi connectivity index (χ4n) is 1.79. The van der Waals surface area contributed by atoms with Crippen molar-refractivity contribution < 1.29 is 18.3 Å². The van der Waals surface area contributed by atoms with Crippen molar-refractivity contribution in [1.82, 2.24) is 4.98 Å². The molecular weight excluding hydrogens is 346 g/mol. The number of rotatable bonds is 6. The number of anilines is 1. The minimum Gasteiger partial charge on any atom is -0.493 e. The summed E-state index contributed by atoms with van der Waals surface area (Å²) in [5.41, 5.74) is 1.31. The molecule has 2 aromatic rings. The van der Waals surface area contributed by atoms with E-state index in [-0.39, 0.29) is 11.5 Å². The van der Waals surface area contributed by atoms with E-state index in [2.05, 4.69) is 31.0 Å². The van der Waals surface area contributed by atoms with Crippen molar-refractivity contribution in [1.29, 1.82) is 0 Å². The van der Waals surface area contributed by atoms with E-state index in [1.807, 2.05) is 6.07 Å². The molecule has 0 saturated carbocycles. The minimum atomic E-state index is -2.91. The Hall–Kier alpha value is -1.89. The molecule has 1 N–H and O–H groups in total. The minimum absolute atomic E-state index is 0.0301. The van der Waals surface area contributed by atoms with Crippen LogP contribution in [0.1, 0.15) is 5.56 Å². The Bertz CT molecular complexity index is 611. The van der Waals surface area contributed by atoms with Crippen molar-refractivity contribution in [2.45, 2.75) is 13.2 Å². The summed E-state index contributed by atoms with van der Waals surface area (Å²) in [7, 11) is 1.41. The number of halogens is 3. The number of aromatic nitrogens is 1. The second-order valence-corrected chi connectivity index (χ2v) is 4.77. The number of hydrogen-bond acceptors (Lipinski definition) is 4. The van der Waals surface area contributed by atoms with Crippen molar-refractivity contribution >= 4 is 21.6 Å². The van der Waals surface area contributed by atoms with Gasteiger partial charge in [0.2, 0.25) is 0 Å². The number of ether oxygens (including phenoxy) is 2. The van der Waals surface area contributed by atoms with Crippen LogP contribution >= 0.6 is 15.9 Å². The van der Waals surface area contributed by atoms with Gasteiger partial charge in [0.05, 0.1) is 12.8 Å². The molecule has 0 fully saturated rings. The van der Waals surface area contributed by atoms with Gasteiger partial charge < -0.3 is 14.8 Å². The van der Waals surface area contributed by atoms with Crippen molar-refractivity contribution in [2.75, 3.05) is 12.4 Å². The molecule has 0 aliphatic heterocycles. The highest BCUT2D eigenvalue weighted by atomic mass is 79.9. The van der Waals surface area contributed by atoms with Crippen LogP contribution in [0.25, 0.3) is 0 Å². The van der Waals surface area contributed by atoms with Gasteiger partial charge in [-0.1, -0.05) is 12.1 Å². The average molecular weight is 359 g/mol. The third-order valence-electron chi connectivity index (χ3n) is 2.72. The maximum absolute atomic E-state index is 12.5. The molecule has 1 aromatic carbocycles. The standard InChI is InChI=1S/C14H13BrF2N2O2/c1-20-11-6-2-4-9(12(11)21-14(16)17)8-19-10-5-3-7-18-13(10)15/h2-7,14,19H,8H2,1H3. The monoisotopic (exact) mass is 358 g/mol. The highest BCUT2D eigenvalue weighted by Crippen LogP contribution is 2.33. The lowest BCUT2D eigenvalue weighted by Crippen LogP contribution is -2.09. The third kappa shape index (κ3) is 4.04. The molecule has 0 amide bonds. The van der Waals surface area contributed by atoms with Crippen molar-refractivity contribution in [3.8, 4) is 11.5 Å². The van der Waals surface area contributed by atoms with Crippen molar-refractivity contribution in [3.05, 3.63) is 46.7 Å². The zero-order chi connectivity index (χ0) is 15.2. The predicted octanol–water partition coefficient (Wildman–Crippen LogP) is 4.07. The Morgan fingerprint density at radius 2 is 2.10 bits per heavy atom. The number of para-hydroxylation sites is 1. The van der Waals surface area contributed by atoms with Crippen molar-refractivity contribution in [3.63, 3.8) is 0 Å². The quantitative estimate of drug-likeness (QED) is 0.790. The Morgan fingerprint density at radius 1 is 1.29 bits per heavy atom. The number of nitrogens with one attached hydrogen (secondary N) is 1. The number of pyridine rings is 1. The first-order valence-corrected chi connectivity index (χ1v) is 6.86. The van der Waals surface area contributed by atoms with Crippen LogP contribution in [0.15, 0.2) is 41.1 Å². The third-order valence-corrected chi connectivity index (χ3v) is 3.35. The smallest absolute Gasteiger partial charge is 0.387 e. The second kappa shape index (κ2) is 7.21. The molecule has 1 heterocycles. The largest absolute Gasteiger partial charge is 0.493 e. The normalized spacial score (nSPS) is 10.5. The molecular formula is C14H13BrF2N2O2. The first kappa shape index (κ1) is 15.5. The number of hydrogen-bond donors (Lipinski definition) is 1. The topological polar surface area (TPSA) is 43.4 Å². The Labute approximate surface area is 129 Å². The molecule has 112 valence electrons. The maximum Gasteiger partial charge on any atom is 0.387 e. The summed E-state index contributed by atoms with van der Waals surface area (Å²) in [5, 5.41) is 3.10. The summed E-state index contributed by atoms with van der Waals surface area (Å²) in [6.45, 7) is -2.62. The fourth-order valence-corrected chi connectivity index (χ4v) is 2.18. The van der Waals surface area contributed by atoms with Crippen molar-refractivity contribution in [2.24, 2.45) is 0 Å². The molecule has 0 aliphatic carbocycles. The number of nitrogens with zero attached hydrogens (tertiary/aromatic N) is 1. The zero-order valence-electron chi connectivity index (χ0n) is 11.1. The lowest BCUT2D eigenvalue weighted by Gasteiger charge is -2.15. The van der Waals surface area contributed by atoms with Crippen LogP contribution in [0, 0.1) is 0 Å². The van der Waals surface area contributed by atoms with Crippen LogP contribution in [0.4, 0.5) is 14.5 Å². The van der Waals surface area contributed by atoms with E-state index >= 15 is 0 Å². The molecule has 0 spiro atoms. The van der Waals surface area contributed by atoms with Gasteiger partial charge in [0, 0.05) is 18.3 Å². The van der Waals surface area contributed by atoms with Crippen LogP contribution < -0.4 is 14.8 Å². The van der Waals surface area contributed by atoms with Crippen LogP contribution in [-0.2, 0) is 6.54 Å². The molecule has 0 radical (unpaired) electrons. The van der Waals surface area contributed by atoms with Crippen LogP contribution in [0.3, 0.4) is 0 Å². The van der Waals surface area contributed by atoms with Crippen LogP contribution in [-0.4, -0.2) is 18.7 Å². The second-order valence-electron chi connectivity index (χ2n) is 4.02. The highest BCUT2D eigenvalue weighted by Gasteiger charge is 2.15. The maximum atomic E-state index is 12.5. The van der Waals surface area contributed by atoms with Gasteiger partial charge in [0.1, 0.15) is 4.60 Å². The molecule has 0 unspecified atom stereocenters. The van der Waals surface area contributed by atoms with Gasteiger partial charge in [-0.25, -0.2) is 4.98 Å². The first-order chi connectivity index (χ1) is 10.1. The Morgan fingerprint density at radius 3 is 2.76 bits per heavy atom. The van der Waals surface area contributed by atoms with E-state index in [0.29, 0.717) is 16.7 Å². The summed E-state index contributed by atoms with van der Waals surface area (Å²) in [5.74, 6) is 0.294. The van der Waals surface area contributed by atoms with E-state index in [1.54, 1.807) is 30.5 Å². The highest BCUT2D eigenvalue weighted by molar-refractivity contribution is 9.10. The Balaban J connectivity index is 2.21. The van der Waals surface area contributed by atoms with E-state index in [9.17, 15) is 8.78 Å². The summed E-state index contributed by atoms with van der Waals surface area (Å²) < 4.78 is 35.3. The van der Waals surface area contributed by atoms with Gasteiger partial charge in [0.25, 0.3) is 0 Å². The van der Waals surface area contributed by atoms with E-state index in [4.69, 9.17) is 4.74 Å². The molecule has 7 heteroatoms. The molecule has 4 nitrogen and oxygen atoms in total. The lowest BCUT2D eigenvalue weighted by molar-refractivity contribution is -0.0517. The number of benzene rings is 1. The van der Waals surface area contributed by atoms with Gasteiger partial charge in [-0.3, -0.25) is 0 Å². The summed E-state index contributed by atoms with van der Waals surface area (Å²) >= 11 is 3.31. The van der Waals surface area contributed by atoms with Gasteiger partial charge in [-0.05, 0) is 34.1 Å². The van der Waals surface area contributed by atoms with Crippen LogP contribution in [0.2, 0.25) is 0 Å². The van der Waals surface area contributed by atoms with E-state index in [1.165, 1.54) is 7.11 Å². The number of methoxy groups -OCH3 is 1. The molecule has 21 heavy (non-hydrogen) atoms. The first-order valence-electron chi connectivity index (χ1n) is 6.07. The summed E-state index contributed by atoms with van der Waals surface area (Å²) in [6, 6.07) is 8.57. The number of alkyl halides is 2. The van der Waals surface area contributed by atoms with Gasteiger partial charge in [-0.15, -0.1) is 0 Å². The molecule has 0 saturated heterocycles. The Kier molecular flexibility index (Phi) is 5.32. The van der Waals surface area contributed by atoms with Gasteiger partial charge in [0.15, 0.2) is 11.5 Å². The van der Waals surface area contributed by atoms with Gasteiger partial charge in [-0.2, -0.15) is 8.78 Å². The molecule has 1 aromatic heterocycles. The van der Waals surface area contributed by atoms with E-state index < -0.39 is 6.61 Å². The summed E-state index contributed by atoms with van der Waals surface area (Å²) in [4.78, 5) is 4.07. The van der Waals surface area contributed by atoms with Gasteiger partial charge >= 0.3 is 6.61 Å². The molecule has 2 rings (SSSR count). The lowest BCUT2D eigenvalue weighted by atomic mass is 10.2. The molecule has 0 atom stereocenters. The fraction of sp³-hybridized carbons (Fsp3) is 0.214.